The van der Waals surface area contributed by atoms with Gasteiger partial charge in [0.25, 0.3) is 5.91 Å². The van der Waals surface area contributed by atoms with Gasteiger partial charge in [0.15, 0.2) is 0 Å². The molecule has 1 unspecified atom stereocenters. The predicted molar refractivity (Wildman–Crippen MR) is 143 cm³/mol. The Bertz CT molecular complexity index is 1300. The highest BCUT2D eigenvalue weighted by atomic mass is 35.5. The third-order valence-corrected chi connectivity index (χ3v) is 6.43. The number of ether oxygens (including phenoxy) is 1. The van der Waals surface area contributed by atoms with E-state index in [1.807, 2.05) is 38.1 Å². The van der Waals surface area contributed by atoms with Gasteiger partial charge in [-0.15, -0.1) is 0 Å². The van der Waals surface area contributed by atoms with Gasteiger partial charge in [0, 0.05) is 31.6 Å². The van der Waals surface area contributed by atoms with Gasteiger partial charge in [0.05, 0.1) is 16.7 Å². The van der Waals surface area contributed by atoms with Crippen LogP contribution in [0, 0.1) is 0 Å². The van der Waals surface area contributed by atoms with Crippen molar-refractivity contribution < 1.29 is 27.3 Å². The van der Waals surface area contributed by atoms with Gasteiger partial charge < -0.3 is 15.4 Å². The summed E-state index contributed by atoms with van der Waals surface area (Å²) < 4.78 is 45.8. The number of hydrogen-bond acceptors (Lipinski definition) is 4. The zero-order valence-corrected chi connectivity index (χ0v) is 21.9. The van der Waals surface area contributed by atoms with Crippen molar-refractivity contribution in [3.8, 4) is 5.75 Å². The Kier molecular flexibility index (Phi) is 8.56. The summed E-state index contributed by atoms with van der Waals surface area (Å²) in [6.07, 6.45) is 0.966. The SMILES string of the molecule is CCC1=NC2=CC(Cl)=C[N+]2=C1C(=O)NCc1ccc(NCCC(CC)Oc2ccc(C(F)(F)F)cc2)cc1. The lowest BCUT2D eigenvalue weighted by Gasteiger charge is -2.19. The van der Waals surface area contributed by atoms with E-state index in [1.165, 1.54) is 12.1 Å². The van der Waals surface area contributed by atoms with E-state index in [2.05, 4.69) is 15.6 Å². The molecule has 2 aliphatic heterocycles. The number of benzene rings is 2. The van der Waals surface area contributed by atoms with Crippen LogP contribution < -0.4 is 15.4 Å². The summed E-state index contributed by atoms with van der Waals surface area (Å²) in [6.45, 7) is 4.93. The van der Waals surface area contributed by atoms with Crippen LogP contribution in [0.15, 0.2) is 76.7 Å². The molecule has 1 atom stereocenters. The maximum Gasteiger partial charge on any atom is 0.416 e. The molecule has 38 heavy (non-hydrogen) atoms. The third kappa shape index (κ3) is 6.64. The standard InChI is InChI=1S/C28H28ClF3N4O2/c1-3-22(38-23-11-7-19(8-12-23)28(30,31)32)13-14-33-21-9-5-18(6-10-21)16-34-27(37)26-24(4-2)35-25-15-20(29)17-36(25)26/h5-12,15,17,22,33H,3-4,13-14,16H2,1-2H3/p+1. The molecule has 0 fully saturated rings. The highest BCUT2D eigenvalue weighted by Gasteiger charge is 2.38. The third-order valence-electron chi connectivity index (χ3n) is 6.22. The van der Waals surface area contributed by atoms with Crippen LogP contribution in [0.25, 0.3) is 0 Å². The van der Waals surface area contributed by atoms with Gasteiger partial charge in [-0.25, -0.2) is 0 Å². The molecule has 0 radical (unpaired) electrons. The first-order valence-electron chi connectivity index (χ1n) is 12.5. The van der Waals surface area contributed by atoms with Gasteiger partial charge in [-0.2, -0.15) is 17.7 Å². The maximum absolute atomic E-state index is 12.9. The molecule has 200 valence electrons. The Hall–Kier alpha value is -3.59. The van der Waals surface area contributed by atoms with Crippen molar-refractivity contribution in [1.29, 1.82) is 0 Å². The topological polar surface area (TPSA) is 65.7 Å². The Morgan fingerprint density at radius 3 is 2.45 bits per heavy atom. The Labute approximate surface area is 224 Å². The number of nitrogens with zero attached hydrogens (tertiary/aromatic N) is 2. The molecule has 0 bridgehead atoms. The first-order chi connectivity index (χ1) is 18.2. The van der Waals surface area contributed by atoms with Gasteiger partial charge in [-0.3, -0.25) is 4.79 Å². The van der Waals surface area contributed by atoms with Crippen LogP contribution in [0.3, 0.4) is 0 Å². The van der Waals surface area contributed by atoms with E-state index in [0.717, 1.165) is 35.5 Å². The lowest BCUT2D eigenvalue weighted by atomic mass is 10.1. The molecular weight excluding hydrogens is 517 g/mol. The fourth-order valence-corrected chi connectivity index (χ4v) is 4.34. The van der Waals surface area contributed by atoms with E-state index in [1.54, 1.807) is 16.9 Å². The molecule has 2 aromatic rings. The number of fused-ring (bicyclic) bond motifs is 1. The Balaban J connectivity index is 1.24. The second-order valence-electron chi connectivity index (χ2n) is 8.91. The van der Waals surface area contributed by atoms with E-state index in [9.17, 15) is 18.0 Å². The summed E-state index contributed by atoms with van der Waals surface area (Å²) in [6, 6.07) is 12.5. The minimum Gasteiger partial charge on any atom is -0.490 e. The van der Waals surface area contributed by atoms with Crippen molar-refractivity contribution >= 4 is 34.6 Å². The number of carbonyl (C=O) groups excluding carboxylic acids is 1. The molecule has 10 heteroatoms. The summed E-state index contributed by atoms with van der Waals surface area (Å²) in [5.41, 5.74) is 2.39. The number of nitrogens with one attached hydrogen (secondary N) is 2. The first-order valence-corrected chi connectivity index (χ1v) is 12.8. The van der Waals surface area contributed by atoms with Crippen molar-refractivity contribution in [3.05, 3.63) is 82.8 Å². The molecule has 2 aromatic carbocycles. The largest absolute Gasteiger partial charge is 0.490 e. The molecule has 2 heterocycles. The van der Waals surface area contributed by atoms with E-state index in [4.69, 9.17) is 16.3 Å². The predicted octanol–water partition coefficient (Wildman–Crippen LogP) is 6.23. The van der Waals surface area contributed by atoms with Crippen LogP contribution in [0.4, 0.5) is 18.9 Å². The number of alkyl halides is 3. The number of rotatable bonds is 11. The van der Waals surface area contributed by atoms with Gasteiger partial charge in [-0.1, -0.05) is 37.6 Å². The first kappa shape index (κ1) is 27.4. The Morgan fingerprint density at radius 2 is 1.82 bits per heavy atom. The zero-order valence-electron chi connectivity index (χ0n) is 21.1. The second kappa shape index (κ2) is 11.9. The molecular formula is C28H29ClF3N4O2+. The van der Waals surface area contributed by atoms with E-state index < -0.39 is 11.7 Å². The van der Waals surface area contributed by atoms with Crippen LogP contribution in [0.2, 0.25) is 0 Å². The number of anilines is 1. The normalized spacial score (nSPS) is 15.5. The molecule has 0 saturated heterocycles. The number of halogens is 4. The quantitative estimate of drug-likeness (QED) is 0.329. The highest BCUT2D eigenvalue weighted by Crippen LogP contribution is 2.30. The van der Waals surface area contributed by atoms with Crippen molar-refractivity contribution in [1.82, 2.24) is 5.32 Å². The molecule has 0 spiro atoms. The van der Waals surface area contributed by atoms with Crippen molar-refractivity contribution in [2.45, 2.75) is 51.9 Å². The summed E-state index contributed by atoms with van der Waals surface area (Å²) in [7, 11) is 0. The van der Waals surface area contributed by atoms with Gasteiger partial charge in [0.1, 0.15) is 18.1 Å². The number of allylic oxidation sites excluding steroid dienone is 2. The van der Waals surface area contributed by atoms with Crippen molar-refractivity contribution in [3.63, 3.8) is 0 Å². The highest BCUT2D eigenvalue weighted by molar-refractivity contribution is 6.66. The van der Waals surface area contributed by atoms with E-state index >= 15 is 0 Å². The minimum absolute atomic E-state index is 0.131. The number of hydrogen-bond donors (Lipinski definition) is 2. The van der Waals surface area contributed by atoms with Gasteiger partial charge in [-0.05, 0) is 53.4 Å². The monoisotopic (exact) mass is 545 g/mol. The van der Waals surface area contributed by atoms with Crippen molar-refractivity contribution in [2.75, 3.05) is 11.9 Å². The molecule has 2 N–H and O–H groups in total. The second-order valence-corrected chi connectivity index (χ2v) is 9.35. The zero-order chi connectivity index (χ0) is 27.3. The summed E-state index contributed by atoms with van der Waals surface area (Å²) in [5.74, 6) is 0.861. The lowest BCUT2D eigenvalue weighted by molar-refractivity contribution is -0.391. The molecule has 6 nitrogen and oxygen atoms in total. The van der Waals surface area contributed by atoms with Crippen LogP contribution in [0.1, 0.15) is 44.2 Å². The fraction of sp³-hybridized carbons (Fsp3) is 0.321. The molecule has 1 amide bonds. The fourth-order valence-electron chi connectivity index (χ4n) is 4.15. The summed E-state index contributed by atoms with van der Waals surface area (Å²) in [4.78, 5) is 17.4. The average molecular weight is 546 g/mol. The van der Waals surface area contributed by atoms with Crippen LogP contribution >= 0.6 is 11.6 Å². The smallest absolute Gasteiger partial charge is 0.416 e. The molecule has 0 saturated carbocycles. The van der Waals surface area contributed by atoms with Gasteiger partial charge in [0.2, 0.25) is 11.4 Å². The average Bonchev–Trinajstić information content (AvgIpc) is 3.42. The molecule has 0 aliphatic carbocycles. The van der Waals surface area contributed by atoms with E-state index in [0.29, 0.717) is 48.2 Å². The van der Waals surface area contributed by atoms with Crippen LogP contribution in [-0.4, -0.2) is 34.6 Å². The van der Waals surface area contributed by atoms with Crippen LogP contribution in [-0.2, 0) is 17.5 Å². The van der Waals surface area contributed by atoms with Gasteiger partial charge >= 0.3 is 12.0 Å². The van der Waals surface area contributed by atoms with Crippen molar-refractivity contribution in [2.24, 2.45) is 4.99 Å². The molecule has 2 aliphatic rings. The number of carbonyl (C=O) groups is 1. The number of aliphatic imine (C=N–C) groups is 1. The summed E-state index contributed by atoms with van der Waals surface area (Å²) >= 11 is 6.06. The number of amides is 1. The summed E-state index contributed by atoms with van der Waals surface area (Å²) in [5, 5.41) is 6.82. The minimum atomic E-state index is -4.36. The Morgan fingerprint density at radius 1 is 1.11 bits per heavy atom. The van der Waals surface area contributed by atoms with E-state index in [-0.39, 0.29) is 12.0 Å². The molecule has 4 rings (SSSR count). The maximum atomic E-state index is 12.9. The molecule has 0 aromatic heterocycles. The lowest BCUT2D eigenvalue weighted by Crippen LogP contribution is -2.37. The van der Waals surface area contributed by atoms with Crippen LogP contribution in [0.5, 0.6) is 5.75 Å².